The molecule has 100 valence electrons. The van der Waals surface area contributed by atoms with Crippen LogP contribution in [0.3, 0.4) is 0 Å². The molecule has 0 amide bonds. The summed E-state index contributed by atoms with van der Waals surface area (Å²) in [6.07, 6.45) is 5.38. The molecule has 2 N–H and O–H groups in total. The first kappa shape index (κ1) is 14.0. The van der Waals surface area contributed by atoms with Crippen molar-refractivity contribution in [3.05, 3.63) is 63.9 Å². The van der Waals surface area contributed by atoms with Gasteiger partial charge in [0.15, 0.2) is 0 Å². The summed E-state index contributed by atoms with van der Waals surface area (Å²) < 4.78 is 0. The second-order valence-corrected chi connectivity index (χ2v) is 5.24. The van der Waals surface area contributed by atoms with E-state index in [1.165, 1.54) is 11.1 Å². The number of aromatic nitrogens is 1. The van der Waals surface area contributed by atoms with Crippen molar-refractivity contribution in [2.45, 2.75) is 32.7 Å². The molecule has 0 aliphatic rings. The molecule has 0 fully saturated rings. The van der Waals surface area contributed by atoms with Crippen LogP contribution >= 0.6 is 11.6 Å². The highest BCUT2D eigenvalue weighted by molar-refractivity contribution is 6.31. The Kier molecular flexibility index (Phi) is 4.56. The maximum absolute atomic E-state index is 6.32. The molecule has 3 heteroatoms. The number of hydrogen-bond donors (Lipinski definition) is 1. The van der Waals surface area contributed by atoms with Gasteiger partial charge in [-0.25, -0.2) is 0 Å². The quantitative estimate of drug-likeness (QED) is 0.920. The van der Waals surface area contributed by atoms with Gasteiger partial charge in [-0.3, -0.25) is 4.98 Å². The number of nitrogens with zero attached hydrogens (tertiary/aromatic N) is 1. The van der Waals surface area contributed by atoms with Gasteiger partial charge in [-0.05, 0) is 54.2 Å². The second kappa shape index (κ2) is 6.18. The van der Waals surface area contributed by atoms with Gasteiger partial charge in [0, 0.05) is 23.5 Å². The van der Waals surface area contributed by atoms with Crippen molar-refractivity contribution >= 4 is 11.6 Å². The fourth-order valence-corrected chi connectivity index (χ4v) is 2.57. The molecule has 0 radical (unpaired) electrons. The standard InChI is InChI=1S/C16H19ClN2/c1-3-12-10-19-7-6-14(12)16(18)9-13-5-4-11(2)8-15(13)17/h4-8,10,16H,3,9,18H2,1-2H3. The topological polar surface area (TPSA) is 38.9 Å². The van der Waals surface area contributed by atoms with Crippen molar-refractivity contribution < 1.29 is 0 Å². The van der Waals surface area contributed by atoms with Crippen molar-refractivity contribution in [3.8, 4) is 0 Å². The van der Waals surface area contributed by atoms with E-state index in [4.69, 9.17) is 17.3 Å². The van der Waals surface area contributed by atoms with Crippen LogP contribution in [0.25, 0.3) is 0 Å². The Morgan fingerprint density at radius 3 is 2.74 bits per heavy atom. The molecule has 1 atom stereocenters. The van der Waals surface area contributed by atoms with Gasteiger partial charge >= 0.3 is 0 Å². The first-order chi connectivity index (χ1) is 9.11. The van der Waals surface area contributed by atoms with Crippen molar-refractivity contribution in [1.82, 2.24) is 4.98 Å². The summed E-state index contributed by atoms with van der Waals surface area (Å²) in [4.78, 5) is 4.15. The van der Waals surface area contributed by atoms with Crippen LogP contribution in [0.5, 0.6) is 0 Å². The maximum Gasteiger partial charge on any atom is 0.0441 e. The molecule has 1 unspecified atom stereocenters. The molecule has 0 spiro atoms. The van der Waals surface area contributed by atoms with Crippen molar-refractivity contribution in [2.75, 3.05) is 0 Å². The van der Waals surface area contributed by atoms with Crippen LogP contribution in [0, 0.1) is 6.92 Å². The Hall–Kier alpha value is -1.38. The number of aryl methyl sites for hydroxylation is 2. The Morgan fingerprint density at radius 1 is 1.26 bits per heavy atom. The first-order valence-electron chi connectivity index (χ1n) is 6.55. The number of hydrogen-bond acceptors (Lipinski definition) is 2. The Labute approximate surface area is 119 Å². The fraction of sp³-hybridized carbons (Fsp3) is 0.312. The third kappa shape index (κ3) is 3.34. The molecule has 0 saturated carbocycles. The number of nitrogens with two attached hydrogens (primary N) is 1. The summed E-state index contributed by atoms with van der Waals surface area (Å²) >= 11 is 6.27. The van der Waals surface area contributed by atoms with Gasteiger partial charge in [0.2, 0.25) is 0 Å². The van der Waals surface area contributed by atoms with Gasteiger partial charge < -0.3 is 5.73 Å². The van der Waals surface area contributed by atoms with E-state index in [0.29, 0.717) is 0 Å². The molecular weight excluding hydrogens is 256 g/mol. The van der Waals surface area contributed by atoms with E-state index in [9.17, 15) is 0 Å². The lowest BCUT2D eigenvalue weighted by molar-refractivity contribution is 0.710. The lowest BCUT2D eigenvalue weighted by Crippen LogP contribution is -2.15. The SMILES string of the molecule is CCc1cnccc1C(N)Cc1ccc(C)cc1Cl. The van der Waals surface area contributed by atoms with Gasteiger partial charge in [0.1, 0.15) is 0 Å². The highest BCUT2D eigenvalue weighted by atomic mass is 35.5. The van der Waals surface area contributed by atoms with Gasteiger partial charge in [-0.1, -0.05) is 30.7 Å². The molecule has 0 bridgehead atoms. The molecule has 1 heterocycles. The van der Waals surface area contributed by atoms with Crippen LogP contribution in [0.4, 0.5) is 0 Å². The summed E-state index contributed by atoms with van der Waals surface area (Å²) in [5.41, 5.74) is 11.0. The van der Waals surface area contributed by atoms with Crippen LogP contribution < -0.4 is 5.73 Å². The van der Waals surface area contributed by atoms with E-state index in [0.717, 1.165) is 29.0 Å². The largest absolute Gasteiger partial charge is 0.324 e. The molecule has 1 aromatic heterocycles. The van der Waals surface area contributed by atoms with Crippen LogP contribution in [-0.4, -0.2) is 4.98 Å². The zero-order valence-corrected chi connectivity index (χ0v) is 12.1. The van der Waals surface area contributed by atoms with Gasteiger partial charge in [0.25, 0.3) is 0 Å². The van der Waals surface area contributed by atoms with Crippen LogP contribution in [-0.2, 0) is 12.8 Å². The Bertz CT molecular complexity index is 566. The minimum atomic E-state index is -0.0434. The summed E-state index contributed by atoms with van der Waals surface area (Å²) in [6, 6.07) is 8.08. The molecule has 0 saturated heterocycles. The van der Waals surface area contributed by atoms with E-state index in [1.807, 2.05) is 25.3 Å². The van der Waals surface area contributed by atoms with E-state index in [1.54, 1.807) is 6.20 Å². The number of rotatable bonds is 4. The van der Waals surface area contributed by atoms with Crippen molar-refractivity contribution in [3.63, 3.8) is 0 Å². The Balaban J connectivity index is 2.23. The zero-order valence-electron chi connectivity index (χ0n) is 11.4. The number of pyridine rings is 1. The minimum absolute atomic E-state index is 0.0434. The van der Waals surface area contributed by atoms with Crippen LogP contribution in [0.15, 0.2) is 36.7 Å². The average molecular weight is 275 g/mol. The molecule has 1 aromatic carbocycles. The lowest BCUT2D eigenvalue weighted by Gasteiger charge is -2.16. The van der Waals surface area contributed by atoms with E-state index < -0.39 is 0 Å². The van der Waals surface area contributed by atoms with E-state index in [-0.39, 0.29) is 6.04 Å². The highest BCUT2D eigenvalue weighted by Gasteiger charge is 2.12. The molecule has 0 aliphatic carbocycles. The van der Waals surface area contributed by atoms with Crippen molar-refractivity contribution in [2.24, 2.45) is 5.73 Å². The van der Waals surface area contributed by atoms with E-state index in [2.05, 4.69) is 24.0 Å². The average Bonchev–Trinajstić information content (AvgIpc) is 2.41. The summed E-state index contributed by atoms with van der Waals surface area (Å²) in [5.74, 6) is 0. The Morgan fingerprint density at radius 2 is 2.05 bits per heavy atom. The monoisotopic (exact) mass is 274 g/mol. The van der Waals surface area contributed by atoms with Gasteiger partial charge in [-0.15, -0.1) is 0 Å². The zero-order chi connectivity index (χ0) is 13.8. The predicted octanol–water partition coefficient (Wildman–Crippen LogP) is 3.85. The molecule has 2 rings (SSSR count). The second-order valence-electron chi connectivity index (χ2n) is 4.83. The third-order valence-electron chi connectivity index (χ3n) is 3.37. The molecular formula is C16H19ClN2. The normalized spacial score (nSPS) is 12.4. The summed E-state index contributed by atoms with van der Waals surface area (Å²) in [7, 11) is 0. The van der Waals surface area contributed by atoms with Crippen LogP contribution in [0.1, 0.15) is 35.2 Å². The van der Waals surface area contributed by atoms with E-state index >= 15 is 0 Å². The van der Waals surface area contributed by atoms with Gasteiger partial charge in [0.05, 0.1) is 0 Å². The van der Waals surface area contributed by atoms with Crippen LogP contribution in [0.2, 0.25) is 5.02 Å². The van der Waals surface area contributed by atoms with Gasteiger partial charge in [-0.2, -0.15) is 0 Å². The first-order valence-corrected chi connectivity index (χ1v) is 6.93. The predicted molar refractivity (Wildman–Crippen MR) is 80.4 cm³/mol. The molecule has 2 aromatic rings. The smallest absolute Gasteiger partial charge is 0.0441 e. The molecule has 2 nitrogen and oxygen atoms in total. The highest BCUT2D eigenvalue weighted by Crippen LogP contribution is 2.24. The number of halogens is 1. The summed E-state index contributed by atoms with van der Waals surface area (Å²) in [6.45, 7) is 4.15. The number of benzene rings is 1. The lowest BCUT2D eigenvalue weighted by atomic mass is 9.95. The third-order valence-corrected chi connectivity index (χ3v) is 3.72. The van der Waals surface area contributed by atoms with Crippen molar-refractivity contribution in [1.29, 1.82) is 0 Å². The maximum atomic E-state index is 6.32. The minimum Gasteiger partial charge on any atom is -0.324 e. The molecule has 0 aliphatic heterocycles. The summed E-state index contributed by atoms with van der Waals surface area (Å²) in [5, 5.41) is 0.794. The molecule has 19 heavy (non-hydrogen) atoms. The fourth-order valence-electron chi connectivity index (χ4n) is 2.26.